The average Bonchev–Trinajstić information content (AvgIpc) is 2.89. The molecule has 0 bridgehead atoms. The van der Waals surface area contributed by atoms with E-state index in [1.165, 1.54) is 25.3 Å². The molecule has 2 aromatic carbocycles. The van der Waals surface area contributed by atoms with Crippen molar-refractivity contribution in [3.05, 3.63) is 68.6 Å². The van der Waals surface area contributed by atoms with E-state index in [9.17, 15) is 22.8 Å². The minimum atomic E-state index is -3.68. The van der Waals surface area contributed by atoms with E-state index in [0.717, 1.165) is 6.26 Å². The van der Waals surface area contributed by atoms with E-state index >= 15 is 0 Å². The Kier molecular flexibility index (Phi) is 9.40. The lowest BCUT2D eigenvalue weighted by atomic mass is 10.1. The van der Waals surface area contributed by atoms with E-state index in [-0.39, 0.29) is 38.9 Å². The normalized spacial score (nSPS) is 15.5. The quantitative estimate of drug-likeness (QED) is 0.352. The van der Waals surface area contributed by atoms with Gasteiger partial charge in [-0.1, -0.05) is 41.4 Å². The van der Waals surface area contributed by atoms with Crippen LogP contribution in [0.1, 0.15) is 30.1 Å². The van der Waals surface area contributed by atoms with Gasteiger partial charge in [-0.25, -0.2) is 8.42 Å². The summed E-state index contributed by atoms with van der Waals surface area (Å²) in [6, 6.07) is 9.81. The Labute approximate surface area is 241 Å². The molecule has 1 aliphatic heterocycles. The highest BCUT2D eigenvalue weighted by Crippen LogP contribution is 2.37. The lowest BCUT2D eigenvalue weighted by Gasteiger charge is -2.34. The number of nitrogens with one attached hydrogen (secondary N) is 2. The van der Waals surface area contributed by atoms with Crippen LogP contribution in [0.15, 0.2) is 52.3 Å². The molecule has 0 unspecified atom stereocenters. The zero-order chi connectivity index (χ0) is 29.0. The lowest BCUT2D eigenvalue weighted by molar-refractivity contribution is -0.147. The number of likely N-dealkylation sites (tertiary alicyclic amines) is 1. The fraction of sp³-hybridized carbons (Fsp3) is 0.370. The number of hydrogen-bond acceptors (Lipinski definition) is 8. The van der Waals surface area contributed by atoms with Crippen molar-refractivity contribution in [2.24, 2.45) is 0 Å². The van der Waals surface area contributed by atoms with Crippen LogP contribution >= 0.6 is 23.2 Å². The van der Waals surface area contributed by atoms with Crippen LogP contribution in [0.2, 0.25) is 10.0 Å². The van der Waals surface area contributed by atoms with Gasteiger partial charge in [0.1, 0.15) is 22.9 Å². The van der Waals surface area contributed by atoms with E-state index in [0.29, 0.717) is 48.8 Å². The maximum atomic E-state index is 12.9. The summed E-state index contributed by atoms with van der Waals surface area (Å²) >= 11 is 12.2. The molecule has 4 rings (SSSR count). The minimum absolute atomic E-state index is 0.0692. The number of aromatic amines is 1. The molecule has 1 aliphatic rings. The van der Waals surface area contributed by atoms with Crippen molar-refractivity contribution in [2.45, 2.75) is 36.9 Å². The largest absolute Gasteiger partial charge is 0.489 e. The second kappa shape index (κ2) is 12.6. The highest BCUT2D eigenvalue weighted by Gasteiger charge is 2.28. The number of carbonyl (C=O) groups excluding carboxylic acids is 2. The van der Waals surface area contributed by atoms with Gasteiger partial charge in [0.2, 0.25) is 0 Å². The number of hydrogen-bond donors (Lipinski definition) is 2. The first-order valence-electron chi connectivity index (χ1n) is 12.6. The van der Waals surface area contributed by atoms with Gasteiger partial charge < -0.3 is 19.8 Å². The van der Waals surface area contributed by atoms with Crippen LogP contribution in [0.5, 0.6) is 5.75 Å². The number of piperidine rings is 1. The zero-order valence-corrected chi connectivity index (χ0v) is 24.2. The van der Waals surface area contributed by atoms with Crippen LogP contribution in [-0.2, 0) is 19.4 Å². The van der Waals surface area contributed by atoms with Crippen LogP contribution < -0.4 is 15.6 Å². The van der Waals surface area contributed by atoms with E-state index in [4.69, 9.17) is 32.7 Å². The van der Waals surface area contributed by atoms with Gasteiger partial charge in [-0.2, -0.15) is 0 Å². The Bertz CT molecular complexity index is 1580. The molecule has 10 nitrogen and oxygen atoms in total. The molecule has 40 heavy (non-hydrogen) atoms. The monoisotopic (exact) mass is 609 g/mol. The summed E-state index contributed by atoms with van der Waals surface area (Å²) in [6.45, 7) is 2.94. The topological polar surface area (TPSA) is 135 Å². The van der Waals surface area contributed by atoms with Crippen LogP contribution in [-0.4, -0.2) is 74.8 Å². The molecule has 0 aliphatic carbocycles. The summed E-state index contributed by atoms with van der Waals surface area (Å²) < 4.78 is 36.1. The molecule has 1 saturated heterocycles. The Morgan fingerprint density at radius 2 is 1.80 bits per heavy atom. The van der Waals surface area contributed by atoms with Gasteiger partial charge in [-0.3, -0.25) is 19.3 Å². The van der Waals surface area contributed by atoms with Crippen LogP contribution in [0.25, 0.3) is 10.8 Å². The first kappa shape index (κ1) is 29.9. The van der Waals surface area contributed by atoms with Gasteiger partial charge in [0.05, 0.1) is 22.2 Å². The molecular formula is C27H29Cl2N3O7S. The third kappa shape index (κ3) is 7.14. The van der Waals surface area contributed by atoms with Crippen LogP contribution in [0.3, 0.4) is 0 Å². The number of sulfone groups is 1. The zero-order valence-electron chi connectivity index (χ0n) is 21.9. The molecule has 1 amide bonds. The second-order valence-electron chi connectivity index (χ2n) is 9.60. The number of fused-ring (bicyclic) bond motifs is 1. The first-order chi connectivity index (χ1) is 18.9. The number of aromatic nitrogens is 1. The van der Waals surface area contributed by atoms with Crippen molar-refractivity contribution in [1.29, 1.82) is 0 Å². The Morgan fingerprint density at radius 3 is 2.45 bits per heavy atom. The molecule has 2 heterocycles. The number of amides is 1. The second-order valence-corrected chi connectivity index (χ2v) is 12.3. The highest BCUT2D eigenvalue weighted by atomic mass is 35.5. The Balaban J connectivity index is 1.37. The lowest BCUT2D eigenvalue weighted by Crippen LogP contribution is -2.46. The van der Waals surface area contributed by atoms with Gasteiger partial charge >= 0.3 is 5.97 Å². The van der Waals surface area contributed by atoms with Crippen molar-refractivity contribution in [3.8, 4) is 5.75 Å². The molecule has 13 heteroatoms. The average molecular weight is 611 g/mol. The van der Waals surface area contributed by atoms with Crippen molar-refractivity contribution in [1.82, 2.24) is 15.2 Å². The summed E-state index contributed by atoms with van der Waals surface area (Å²) in [6.07, 6.45) is 2.73. The smallest absolute Gasteiger partial charge is 0.303 e. The molecule has 1 aromatic heterocycles. The molecule has 3 aromatic rings. The number of ether oxygens (including phenoxy) is 2. The fourth-order valence-corrected chi connectivity index (χ4v) is 6.41. The summed E-state index contributed by atoms with van der Waals surface area (Å²) in [4.78, 5) is 41.3. The van der Waals surface area contributed by atoms with Crippen LogP contribution in [0, 0.1) is 0 Å². The summed E-state index contributed by atoms with van der Waals surface area (Å²) in [5, 5.41) is 3.79. The standard InChI is InChI=1S/C27H29Cl2N3O7S/c1-16(33)38-18(13-30-27(35)21-14-31-26(34)20-6-4-3-5-19(20)21)15-32-11-9-17(10-12-32)39-23-8-7-22(28)24(29)25(23)40(2,36)37/h3-8,14,17-18H,9-13,15H2,1-2H3,(H,30,35)(H,31,34)/t18-/m1/s1. The number of H-pyrrole nitrogens is 1. The van der Waals surface area contributed by atoms with Gasteiger partial charge in [0.25, 0.3) is 11.5 Å². The van der Waals surface area contributed by atoms with E-state index < -0.39 is 27.8 Å². The molecule has 214 valence electrons. The number of esters is 1. The summed E-state index contributed by atoms with van der Waals surface area (Å²) in [5.41, 5.74) is 0.0227. The SMILES string of the molecule is CC(=O)O[C@H](CNC(=O)c1c[nH]c(=O)c2ccccc12)CN1CCC(Oc2ccc(Cl)c(Cl)c2S(C)(=O)=O)CC1. The third-order valence-corrected chi connectivity index (χ3v) is 8.61. The highest BCUT2D eigenvalue weighted by molar-refractivity contribution is 7.91. The fourth-order valence-electron chi connectivity index (χ4n) is 4.71. The number of rotatable bonds is 9. The first-order valence-corrected chi connectivity index (χ1v) is 15.2. The Morgan fingerprint density at radius 1 is 1.12 bits per heavy atom. The van der Waals surface area contributed by atoms with E-state index in [1.807, 2.05) is 0 Å². The van der Waals surface area contributed by atoms with Gasteiger partial charge in [-0.15, -0.1) is 0 Å². The van der Waals surface area contributed by atoms with Gasteiger partial charge in [-0.05, 0) is 31.0 Å². The van der Waals surface area contributed by atoms with Crippen molar-refractivity contribution in [3.63, 3.8) is 0 Å². The molecule has 0 saturated carbocycles. The minimum Gasteiger partial charge on any atom is -0.489 e. The number of pyridine rings is 1. The van der Waals surface area contributed by atoms with Gasteiger partial charge in [0, 0.05) is 49.8 Å². The summed E-state index contributed by atoms with van der Waals surface area (Å²) in [7, 11) is -3.68. The molecular weight excluding hydrogens is 581 g/mol. The molecule has 0 spiro atoms. The maximum Gasteiger partial charge on any atom is 0.303 e. The Hall–Kier alpha value is -3.12. The van der Waals surface area contributed by atoms with Crippen molar-refractivity contribution < 1.29 is 27.5 Å². The molecule has 1 atom stereocenters. The number of nitrogens with zero attached hydrogens (tertiary/aromatic N) is 1. The van der Waals surface area contributed by atoms with Gasteiger partial charge in [0.15, 0.2) is 9.84 Å². The van der Waals surface area contributed by atoms with E-state index in [2.05, 4.69) is 15.2 Å². The number of carbonyl (C=O) groups is 2. The predicted octanol–water partition coefficient (Wildman–Crippen LogP) is 3.44. The molecule has 1 fully saturated rings. The number of benzene rings is 2. The third-order valence-electron chi connectivity index (χ3n) is 6.55. The van der Waals surface area contributed by atoms with Crippen LogP contribution in [0.4, 0.5) is 0 Å². The number of halogens is 2. The van der Waals surface area contributed by atoms with Crippen molar-refractivity contribution >= 4 is 55.7 Å². The molecule has 0 radical (unpaired) electrons. The van der Waals surface area contributed by atoms with Crippen molar-refractivity contribution in [2.75, 3.05) is 32.4 Å². The maximum absolute atomic E-state index is 12.9. The van der Waals surface area contributed by atoms with E-state index in [1.54, 1.807) is 24.3 Å². The summed E-state index contributed by atoms with van der Waals surface area (Å²) in [5.74, 6) is -0.717. The molecule has 2 N–H and O–H groups in total. The predicted molar refractivity (Wildman–Crippen MR) is 152 cm³/mol.